The topological polar surface area (TPSA) is 38.5 Å². The molecule has 0 saturated carbocycles. The van der Waals surface area contributed by atoms with E-state index in [1.165, 1.54) is 16.8 Å². The molecular weight excluding hydrogens is 296 g/mol. The summed E-state index contributed by atoms with van der Waals surface area (Å²) in [4.78, 5) is 2.42. The van der Waals surface area contributed by atoms with E-state index in [0.717, 1.165) is 31.7 Å². The molecule has 3 heteroatoms. The van der Waals surface area contributed by atoms with Crippen LogP contribution < -0.4 is 15.4 Å². The molecule has 2 aromatic carbocycles. The second kappa shape index (κ2) is 7.71. The molecule has 1 aliphatic rings. The van der Waals surface area contributed by atoms with E-state index < -0.39 is 0 Å². The maximum absolute atomic E-state index is 6.34. The summed E-state index contributed by atoms with van der Waals surface area (Å²) < 4.78 is 5.54. The summed E-state index contributed by atoms with van der Waals surface area (Å²) in [6, 6.07) is 17.5. The Balaban J connectivity index is 1.67. The largest absolute Gasteiger partial charge is 0.494 e. The van der Waals surface area contributed by atoms with Gasteiger partial charge in [0.25, 0.3) is 0 Å². The van der Waals surface area contributed by atoms with Crippen LogP contribution >= 0.6 is 0 Å². The van der Waals surface area contributed by atoms with Crippen LogP contribution in [0.1, 0.15) is 24.5 Å². The number of hydrogen-bond donors (Lipinski definition) is 1. The smallest absolute Gasteiger partial charge is 0.119 e. The van der Waals surface area contributed by atoms with Crippen LogP contribution in [0.4, 0.5) is 5.69 Å². The highest BCUT2D eigenvalue weighted by molar-refractivity contribution is 5.49. The van der Waals surface area contributed by atoms with Crippen LogP contribution in [0.5, 0.6) is 5.75 Å². The van der Waals surface area contributed by atoms with E-state index in [2.05, 4.69) is 48.2 Å². The summed E-state index contributed by atoms with van der Waals surface area (Å²) >= 11 is 0. The molecule has 128 valence electrons. The minimum absolute atomic E-state index is 0.237. The van der Waals surface area contributed by atoms with Crippen LogP contribution in [0.25, 0.3) is 0 Å². The third kappa shape index (κ3) is 4.30. The van der Waals surface area contributed by atoms with E-state index >= 15 is 0 Å². The highest BCUT2D eigenvalue weighted by Crippen LogP contribution is 2.27. The predicted molar refractivity (Wildman–Crippen MR) is 101 cm³/mol. The van der Waals surface area contributed by atoms with Crippen LogP contribution in [-0.2, 0) is 6.42 Å². The zero-order valence-corrected chi connectivity index (χ0v) is 14.7. The zero-order chi connectivity index (χ0) is 16.9. The Labute approximate surface area is 145 Å². The van der Waals surface area contributed by atoms with E-state index in [9.17, 15) is 0 Å². The molecule has 3 rings (SSSR count). The van der Waals surface area contributed by atoms with Crippen molar-refractivity contribution in [1.82, 2.24) is 0 Å². The van der Waals surface area contributed by atoms with Crippen molar-refractivity contribution in [1.29, 1.82) is 0 Å². The summed E-state index contributed by atoms with van der Waals surface area (Å²) in [7, 11) is 0. The van der Waals surface area contributed by atoms with Crippen molar-refractivity contribution < 1.29 is 4.74 Å². The fourth-order valence-electron chi connectivity index (χ4n) is 3.58. The summed E-state index contributed by atoms with van der Waals surface area (Å²) in [5.74, 6) is 1.53. The van der Waals surface area contributed by atoms with E-state index in [1.54, 1.807) is 0 Å². The van der Waals surface area contributed by atoms with Crippen molar-refractivity contribution in [2.24, 2.45) is 11.7 Å². The van der Waals surface area contributed by atoms with Crippen LogP contribution in [-0.4, -0.2) is 25.7 Å². The molecule has 0 radical (unpaired) electrons. The van der Waals surface area contributed by atoms with Gasteiger partial charge in [0.15, 0.2) is 0 Å². The predicted octanol–water partition coefficient (Wildman–Crippen LogP) is 3.79. The second-order valence-electron chi connectivity index (χ2n) is 6.88. The van der Waals surface area contributed by atoms with Gasteiger partial charge in [-0.15, -0.1) is 0 Å². The molecule has 0 amide bonds. The number of benzene rings is 2. The molecule has 1 saturated heterocycles. The lowest BCUT2D eigenvalue weighted by Gasteiger charge is -2.38. The Kier molecular flexibility index (Phi) is 5.41. The molecule has 2 unspecified atom stereocenters. The average molecular weight is 324 g/mol. The van der Waals surface area contributed by atoms with E-state index in [-0.39, 0.29) is 6.04 Å². The monoisotopic (exact) mass is 324 g/mol. The highest BCUT2D eigenvalue weighted by Gasteiger charge is 2.25. The molecule has 1 aliphatic heterocycles. The highest BCUT2D eigenvalue weighted by atomic mass is 16.5. The van der Waals surface area contributed by atoms with Gasteiger partial charge in [-0.25, -0.2) is 0 Å². The molecule has 0 aromatic heterocycles. The first-order chi connectivity index (χ1) is 11.6. The van der Waals surface area contributed by atoms with Crippen LogP contribution in [0.15, 0.2) is 48.5 Å². The number of hydrogen-bond acceptors (Lipinski definition) is 3. The van der Waals surface area contributed by atoms with Crippen molar-refractivity contribution in [3.63, 3.8) is 0 Å². The fraction of sp³-hybridized carbons (Fsp3) is 0.429. The normalized spacial score (nSPS) is 20.9. The molecular formula is C21H28N2O. The van der Waals surface area contributed by atoms with Crippen molar-refractivity contribution >= 4 is 5.69 Å². The van der Waals surface area contributed by atoms with E-state index in [1.807, 2.05) is 19.1 Å². The summed E-state index contributed by atoms with van der Waals surface area (Å²) in [6.07, 6.45) is 2.20. The Bertz CT molecular complexity index is 636. The molecule has 1 heterocycles. The molecule has 2 N–H and O–H groups in total. The quantitative estimate of drug-likeness (QED) is 0.909. The number of nitrogens with two attached hydrogens (primary N) is 1. The molecule has 0 bridgehead atoms. The number of nitrogens with zero attached hydrogens (tertiary/aromatic N) is 1. The van der Waals surface area contributed by atoms with Crippen molar-refractivity contribution in [3.8, 4) is 5.75 Å². The van der Waals surface area contributed by atoms with Gasteiger partial charge in [0.2, 0.25) is 0 Å². The number of aryl methyl sites for hydroxylation is 1. The molecule has 2 aromatic rings. The lowest BCUT2D eigenvalue weighted by atomic mass is 9.88. The van der Waals surface area contributed by atoms with Gasteiger partial charge >= 0.3 is 0 Å². The Morgan fingerprint density at radius 2 is 1.75 bits per heavy atom. The molecule has 0 spiro atoms. The van der Waals surface area contributed by atoms with Gasteiger partial charge in [0.1, 0.15) is 5.75 Å². The maximum Gasteiger partial charge on any atom is 0.119 e. The van der Waals surface area contributed by atoms with E-state index in [4.69, 9.17) is 10.5 Å². The average Bonchev–Trinajstić information content (AvgIpc) is 2.57. The van der Waals surface area contributed by atoms with Crippen LogP contribution in [0.3, 0.4) is 0 Å². The number of ether oxygens (including phenoxy) is 1. The third-order valence-electron chi connectivity index (χ3n) is 4.73. The van der Waals surface area contributed by atoms with Gasteiger partial charge in [-0.05, 0) is 62.4 Å². The van der Waals surface area contributed by atoms with Gasteiger partial charge in [0, 0.05) is 24.8 Å². The lowest BCUT2D eigenvalue weighted by molar-refractivity contribution is 0.340. The summed E-state index contributed by atoms with van der Waals surface area (Å²) in [5.41, 5.74) is 10.3. The zero-order valence-electron chi connectivity index (χ0n) is 14.7. The Morgan fingerprint density at radius 1 is 1.04 bits per heavy atom. The van der Waals surface area contributed by atoms with Gasteiger partial charge in [-0.1, -0.05) is 29.8 Å². The molecule has 3 nitrogen and oxygen atoms in total. The minimum atomic E-state index is 0.237. The van der Waals surface area contributed by atoms with Crippen LogP contribution in [0.2, 0.25) is 0 Å². The second-order valence-corrected chi connectivity index (χ2v) is 6.88. The molecule has 24 heavy (non-hydrogen) atoms. The summed E-state index contributed by atoms with van der Waals surface area (Å²) in [6.45, 7) is 6.84. The standard InChI is InChI=1S/C21H28N2O/c1-3-24-21-10-8-20(9-11-21)23-14-18(13-19(22)15-23)12-17-6-4-16(2)5-7-17/h4-11,18-19H,3,12-15,22H2,1-2H3. The van der Waals surface area contributed by atoms with Crippen molar-refractivity contribution in [2.45, 2.75) is 32.7 Å². The molecule has 1 fully saturated rings. The van der Waals surface area contributed by atoms with E-state index in [0.29, 0.717) is 12.5 Å². The minimum Gasteiger partial charge on any atom is -0.494 e. The summed E-state index contributed by atoms with van der Waals surface area (Å²) in [5, 5.41) is 0. The fourth-order valence-corrected chi connectivity index (χ4v) is 3.58. The number of piperidine rings is 1. The molecule has 2 atom stereocenters. The van der Waals surface area contributed by atoms with Gasteiger partial charge in [-0.3, -0.25) is 0 Å². The van der Waals surface area contributed by atoms with Gasteiger partial charge in [0.05, 0.1) is 6.61 Å². The van der Waals surface area contributed by atoms with Crippen LogP contribution in [0, 0.1) is 12.8 Å². The Morgan fingerprint density at radius 3 is 2.42 bits per heavy atom. The molecule has 0 aliphatic carbocycles. The number of anilines is 1. The lowest BCUT2D eigenvalue weighted by Crippen LogP contribution is -2.47. The third-order valence-corrected chi connectivity index (χ3v) is 4.73. The Hall–Kier alpha value is -2.00. The first-order valence-electron chi connectivity index (χ1n) is 8.93. The first-order valence-corrected chi connectivity index (χ1v) is 8.93. The number of rotatable bonds is 5. The van der Waals surface area contributed by atoms with Gasteiger partial charge in [-0.2, -0.15) is 0 Å². The SMILES string of the molecule is CCOc1ccc(N2CC(N)CC(Cc3ccc(C)cc3)C2)cc1. The van der Waals surface area contributed by atoms with Crippen molar-refractivity contribution in [2.75, 3.05) is 24.6 Å². The van der Waals surface area contributed by atoms with Crippen molar-refractivity contribution in [3.05, 3.63) is 59.7 Å². The van der Waals surface area contributed by atoms with Gasteiger partial charge < -0.3 is 15.4 Å². The maximum atomic E-state index is 6.34. The first kappa shape index (κ1) is 16.8.